The highest BCUT2D eigenvalue weighted by molar-refractivity contribution is 6.00. The summed E-state index contributed by atoms with van der Waals surface area (Å²) in [7, 11) is 1.29. The Balaban J connectivity index is 2.04. The SMILES string of the molecule is COC(=O)c1ccc(NC(=O)C2C(C(=O)O)C2(C)C)cc1. The minimum atomic E-state index is -0.957. The van der Waals surface area contributed by atoms with Gasteiger partial charge in [-0.05, 0) is 29.7 Å². The highest BCUT2D eigenvalue weighted by Gasteiger charge is 2.65. The first kappa shape index (κ1) is 15.0. The molecule has 0 heterocycles. The number of rotatable bonds is 4. The minimum absolute atomic E-state index is 0.321. The molecule has 2 unspecified atom stereocenters. The van der Waals surface area contributed by atoms with Gasteiger partial charge < -0.3 is 15.2 Å². The maximum Gasteiger partial charge on any atom is 0.337 e. The number of hydrogen-bond donors (Lipinski definition) is 2. The zero-order valence-electron chi connectivity index (χ0n) is 12.0. The molecule has 0 bridgehead atoms. The summed E-state index contributed by atoms with van der Waals surface area (Å²) in [5, 5.41) is 11.7. The van der Waals surface area contributed by atoms with E-state index < -0.39 is 29.2 Å². The van der Waals surface area contributed by atoms with Crippen molar-refractivity contribution in [2.45, 2.75) is 13.8 Å². The van der Waals surface area contributed by atoms with Crippen LogP contribution in [0.15, 0.2) is 24.3 Å². The first-order valence-electron chi connectivity index (χ1n) is 6.51. The van der Waals surface area contributed by atoms with Gasteiger partial charge in [-0.3, -0.25) is 9.59 Å². The zero-order chi connectivity index (χ0) is 15.8. The Morgan fingerprint density at radius 3 is 2.14 bits per heavy atom. The topological polar surface area (TPSA) is 92.7 Å². The molecule has 0 radical (unpaired) electrons. The first-order chi connectivity index (χ1) is 9.78. The van der Waals surface area contributed by atoms with Crippen molar-refractivity contribution < 1.29 is 24.2 Å². The second-order valence-electron chi connectivity index (χ2n) is 5.67. The Labute approximate surface area is 122 Å². The van der Waals surface area contributed by atoms with E-state index in [1.54, 1.807) is 26.0 Å². The molecule has 2 N–H and O–H groups in total. The van der Waals surface area contributed by atoms with Crippen LogP contribution in [0.2, 0.25) is 0 Å². The maximum atomic E-state index is 12.1. The molecule has 0 saturated heterocycles. The van der Waals surface area contributed by atoms with E-state index >= 15 is 0 Å². The van der Waals surface area contributed by atoms with Crippen LogP contribution in [-0.2, 0) is 14.3 Å². The summed E-state index contributed by atoms with van der Waals surface area (Å²) < 4.78 is 4.58. The Morgan fingerprint density at radius 2 is 1.71 bits per heavy atom. The second-order valence-corrected chi connectivity index (χ2v) is 5.67. The number of methoxy groups -OCH3 is 1. The van der Waals surface area contributed by atoms with Gasteiger partial charge in [0.25, 0.3) is 0 Å². The van der Waals surface area contributed by atoms with Crippen LogP contribution in [0.5, 0.6) is 0 Å². The van der Waals surface area contributed by atoms with Crippen LogP contribution in [0.1, 0.15) is 24.2 Å². The number of ether oxygens (including phenoxy) is 1. The number of carboxylic acids is 1. The first-order valence-corrected chi connectivity index (χ1v) is 6.51. The Kier molecular flexibility index (Phi) is 3.72. The fourth-order valence-corrected chi connectivity index (χ4v) is 2.62. The van der Waals surface area contributed by atoms with Crippen LogP contribution in [0.4, 0.5) is 5.69 Å². The van der Waals surface area contributed by atoms with Crippen molar-refractivity contribution in [3.05, 3.63) is 29.8 Å². The Bertz CT molecular complexity index is 591. The number of nitrogens with one attached hydrogen (secondary N) is 1. The van der Waals surface area contributed by atoms with Gasteiger partial charge in [-0.25, -0.2) is 4.79 Å². The van der Waals surface area contributed by atoms with Crippen LogP contribution in [0.3, 0.4) is 0 Å². The fraction of sp³-hybridized carbons (Fsp3) is 0.400. The largest absolute Gasteiger partial charge is 0.481 e. The molecule has 6 heteroatoms. The molecule has 0 aromatic heterocycles. The van der Waals surface area contributed by atoms with Crippen LogP contribution in [0.25, 0.3) is 0 Å². The zero-order valence-corrected chi connectivity index (χ0v) is 12.0. The Hall–Kier alpha value is -2.37. The van der Waals surface area contributed by atoms with Crippen molar-refractivity contribution >= 4 is 23.5 Å². The third-order valence-corrected chi connectivity index (χ3v) is 3.95. The highest BCUT2D eigenvalue weighted by Crippen LogP contribution is 2.58. The van der Waals surface area contributed by atoms with E-state index in [0.29, 0.717) is 11.3 Å². The van der Waals surface area contributed by atoms with Crippen molar-refractivity contribution in [2.75, 3.05) is 12.4 Å². The molecule has 2 atom stereocenters. The smallest absolute Gasteiger partial charge is 0.337 e. The van der Waals surface area contributed by atoms with Crippen LogP contribution >= 0.6 is 0 Å². The molecular weight excluding hydrogens is 274 g/mol. The minimum Gasteiger partial charge on any atom is -0.481 e. The predicted molar refractivity (Wildman–Crippen MR) is 74.8 cm³/mol. The molecule has 1 fully saturated rings. The molecule has 1 saturated carbocycles. The van der Waals surface area contributed by atoms with Gasteiger partial charge in [0.15, 0.2) is 0 Å². The van der Waals surface area contributed by atoms with Gasteiger partial charge in [0.1, 0.15) is 0 Å². The lowest BCUT2D eigenvalue weighted by Gasteiger charge is -2.06. The molecule has 112 valence electrons. The lowest BCUT2D eigenvalue weighted by atomic mass is 10.1. The summed E-state index contributed by atoms with van der Waals surface area (Å²) in [6, 6.07) is 6.23. The molecule has 1 aliphatic carbocycles. The van der Waals surface area contributed by atoms with Crippen molar-refractivity contribution in [1.82, 2.24) is 0 Å². The summed E-state index contributed by atoms with van der Waals surface area (Å²) in [4.78, 5) is 34.5. The van der Waals surface area contributed by atoms with Gasteiger partial charge in [-0.2, -0.15) is 0 Å². The summed E-state index contributed by atoms with van der Waals surface area (Å²) in [6.07, 6.45) is 0. The van der Waals surface area contributed by atoms with E-state index in [1.807, 2.05) is 0 Å². The average molecular weight is 291 g/mol. The van der Waals surface area contributed by atoms with E-state index in [4.69, 9.17) is 5.11 Å². The third-order valence-electron chi connectivity index (χ3n) is 3.95. The van der Waals surface area contributed by atoms with Gasteiger partial charge in [0.2, 0.25) is 5.91 Å². The number of carbonyl (C=O) groups is 3. The lowest BCUT2D eigenvalue weighted by molar-refractivity contribution is -0.140. The van der Waals surface area contributed by atoms with E-state index in [0.717, 1.165) is 0 Å². The van der Waals surface area contributed by atoms with Crippen molar-refractivity contribution in [2.24, 2.45) is 17.3 Å². The monoisotopic (exact) mass is 291 g/mol. The summed E-state index contributed by atoms with van der Waals surface area (Å²) >= 11 is 0. The summed E-state index contributed by atoms with van der Waals surface area (Å²) in [5.74, 6) is -2.94. The molecule has 6 nitrogen and oxygen atoms in total. The van der Waals surface area contributed by atoms with E-state index in [1.165, 1.54) is 19.2 Å². The van der Waals surface area contributed by atoms with Crippen LogP contribution < -0.4 is 5.32 Å². The van der Waals surface area contributed by atoms with E-state index in [-0.39, 0.29) is 5.91 Å². The van der Waals surface area contributed by atoms with E-state index in [9.17, 15) is 14.4 Å². The standard InChI is InChI=1S/C15H17NO5/c1-15(2)10(11(15)13(18)19)12(17)16-9-6-4-8(5-7-9)14(20)21-3/h4-7,10-11H,1-3H3,(H,16,17)(H,18,19). The number of amides is 1. The fourth-order valence-electron chi connectivity index (χ4n) is 2.62. The Morgan fingerprint density at radius 1 is 1.14 bits per heavy atom. The number of hydrogen-bond acceptors (Lipinski definition) is 4. The number of benzene rings is 1. The van der Waals surface area contributed by atoms with Gasteiger partial charge in [0, 0.05) is 5.69 Å². The molecule has 21 heavy (non-hydrogen) atoms. The molecule has 1 aromatic rings. The predicted octanol–water partition coefficient (Wildman–Crippen LogP) is 1.77. The molecule has 1 amide bonds. The van der Waals surface area contributed by atoms with Crippen LogP contribution in [-0.4, -0.2) is 30.1 Å². The molecule has 0 aliphatic heterocycles. The average Bonchev–Trinajstić information content (AvgIpc) is 3.02. The molecule has 1 aliphatic rings. The van der Waals surface area contributed by atoms with Gasteiger partial charge in [0.05, 0.1) is 24.5 Å². The summed E-state index contributed by atoms with van der Waals surface area (Å²) in [6.45, 7) is 3.52. The number of carbonyl (C=O) groups excluding carboxylic acids is 2. The number of carboxylic acid groups (broad SMARTS) is 1. The third kappa shape index (κ3) is 2.74. The number of aliphatic carboxylic acids is 1. The van der Waals surface area contributed by atoms with Crippen LogP contribution in [0, 0.1) is 17.3 Å². The normalized spacial score (nSPS) is 22.2. The number of anilines is 1. The maximum absolute atomic E-state index is 12.1. The second kappa shape index (κ2) is 5.20. The van der Waals surface area contributed by atoms with Crippen molar-refractivity contribution in [3.63, 3.8) is 0 Å². The quantitative estimate of drug-likeness (QED) is 0.825. The van der Waals surface area contributed by atoms with Crippen molar-refractivity contribution in [3.8, 4) is 0 Å². The molecule has 2 rings (SSSR count). The molecule has 0 spiro atoms. The summed E-state index contributed by atoms with van der Waals surface area (Å²) in [5.41, 5.74) is 0.354. The highest BCUT2D eigenvalue weighted by atomic mass is 16.5. The lowest BCUT2D eigenvalue weighted by Crippen LogP contribution is -2.17. The molecule has 1 aromatic carbocycles. The van der Waals surface area contributed by atoms with Gasteiger partial charge in [-0.1, -0.05) is 13.8 Å². The molecular formula is C15H17NO5. The van der Waals surface area contributed by atoms with E-state index in [2.05, 4.69) is 10.1 Å². The van der Waals surface area contributed by atoms with Gasteiger partial charge in [-0.15, -0.1) is 0 Å². The van der Waals surface area contributed by atoms with Crippen molar-refractivity contribution in [1.29, 1.82) is 0 Å². The number of esters is 1. The van der Waals surface area contributed by atoms with Gasteiger partial charge >= 0.3 is 11.9 Å².